The normalized spacial score (nSPS) is 14.1. The maximum absolute atomic E-state index is 13.1. The molecular formula is C31H45NO10. The lowest BCUT2D eigenvalue weighted by molar-refractivity contribution is -0.172. The van der Waals surface area contributed by atoms with Gasteiger partial charge in [-0.1, -0.05) is 69.7 Å². The number of amides is 1. The summed E-state index contributed by atoms with van der Waals surface area (Å²) in [7, 11) is 0. The molecule has 42 heavy (non-hydrogen) atoms. The lowest BCUT2D eigenvalue weighted by Gasteiger charge is -2.29. The van der Waals surface area contributed by atoms with Crippen molar-refractivity contribution in [1.29, 1.82) is 0 Å². The number of aliphatic carboxylic acids is 3. The van der Waals surface area contributed by atoms with Crippen molar-refractivity contribution in [2.24, 2.45) is 5.92 Å². The van der Waals surface area contributed by atoms with Crippen molar-refractivity contribution in [3.63, 3.8) is 0 Å². The van der Waals surface area contributed by atoms with Gasteiger partial charge in [0.05, 0.1) is 12.3 Å². The van der Waals surface area contributed by atoms with Crippen LogP contribution in [0.15, 0.2) is 36.4 Å². The standard InChI is InChI=1S/C31H45NO10/c1-2-3-4-7-10-13-23(33)14-11-8-5-6-9-12-15-25(31(42,30(40)41)21-27(35)36)28(37)32-26(29(38)39)20-22-16-18-24(34)19-17-22/h12,15-19,25-26,34,42H,2-11,13-14,20-21H2,1H3,(H,32,37)(H,35,36)(H,38,39)(H,40,41)/b15-12+/t25-,26+,31+/m1/s1. The van der Waals surface area contributed by atoms with Crippen molar-refractivity contribution in [3.05, 3.63) is 42.0 Å². The predicted molar refractivity (Wildman–Crippen MR) is 155 cm³/mol. The van der Waals surface area contributed by atoms with Gasteiger partial charge in [-0.2, -0.15) is 0 Å². The number of ketones is 1. The number of Topliss-reactive ketones (excluding diaryl/α,β-unsaturated/α-hetero) is 1. The molecule has 1 amide bonds. The Kier molecular flexibility index (Phi) is 16.8. The van der Waals surface area contributed by atoms with E-state index in [0.717, 1.165) is 51.0 Å². The van der Waals surface area contributed by atoms with Gasteiger partial charge in [0.15, 0.2) is 5.60 Å². The first-order chi connectivity index (χ1) is 19.9. The zero-order valence-corrected chi connectivity index (χ0v) is 24.3. The van der Waals surface area contributed by atoms with E-state index in [9.17, 15) is 49.5 Å². The van der Waals surface area contributed by atoms with Gasteiger partial charge in [0.25, 0.3) is 0 Å². The monoisotopic (exact) mass is 591 g/mol. The Morgan fingerprint density at radius 3 is 1.95 bits per heavy atom. The number of benzene rings is 1. The van der Waals surface area contributed by atoms with Crippen LogP contribution in [-0.2, 0) is 30.4 Å². The first kappa shape index (κ1) is 36.3. The number of unbranched alkanes of at least 4 members (excludes halogenated alkanes) is 8. The fourth-order valence-corrected chi connectivity index (χ4v) is 4.56. The average Bonchev–Trinajstić information content (AvgIpc) is 2.92. The maximum atomic E-state index is 13.1. The number of hydrogen-bond donors (Lipinski definition) is 6. The van der Waals surface area contributed by atoms with E-state index in [4.69, 9.17) is 0 Å². The molecule has 3 atom stereocenters. The third-order valence-electron chi connectivity index (χ3n) is 7.04. The molecule has 0 unspecified atom stereocenters. The fourth-order valence-electron chi connectivity index (χ4n) is 4.56. The van der Waals surface area contributed by atoms with Crippen LogP contribution in [0.5, 0.6) is 5.75 Å². The second kappa shape index (κ2) is 19.4. The molecule has 0 saturated carbocycles. The van der Waals surface area contributed by atoms with Gasteiger partial charge in [-0.05, 0) is 43.4 Å². The highest BCUT2D eigenvalue weighted by molar-refractivity contribution is 5.94. The number of aliphatic hydroxyl groups is 1. The minimum Gasteiger partial charge on any atom is -0.508 e. The molecule has 6 N–H and O–H groups in total. The van der Waals surface area contributed by atoms with Gasteiger partial charge in [0.1, 0.15) is 17.6 Å². The highest BCUT2D eigenvalue weighted by Gasteiger charge is 2.49. The van der Waals surface area contributed by atoms with Gasteiger partial charge in [-0.25, -0.2) is 9.59 Å². The van der Waals surface area contributed by atoms with Crippen molar-refractivity contribution in [2.75, 3.05) is 0 Å². The zero-order valence-electron chi connectivity index (χ0n) is 24.3. The quantitative estimate of drug-likeness (QED) is 0.0790. The highest BCUT2D eigenvalue weighted by atomic mass is 16.4. The Balaban J connectivity index is 2.77. The Morgan fingerprint density at radius 1 is 0.857 bits per heavy atom. The van der Waals surface area contributed by atoms with Crippen molar-refractivity contribution in [3.8, 4) is 5.75 Å². The van der Waals surface area contributed by atoms with Gasteiger partial charge < -0.3 is 30.8 Å². The predicted octanol–water partition coefficient (Wildman–Crippen LogP) is 4.24. The Labute approximate surface area is 246 Å². The van der Waals surface area contributed by atoms with Crippen molar-refractivity contribution < 1.29 is 49.5 Å². The molecule has 1 aromatic rings. The number of rotatable bonds is 23. The topological polar surface area (TPSA) is 199 Å². The molecule has 1 aromatic carbocycles. The van der Waals surface area contributed by atoms with E-state index in [-0.39, 0.29) is 18.0 Å². The van der Waals surface area contributed by atoms with E-state index in [1.54, 1.807) is 0 Å². The molecule has 234 valence electrons. The van der Waals surface area contributed by atoms with Crippen LogP contribution >= 0.6 is 0 Å². The number of phenolic OH excluding ortho intramolecular Hbond substituents is 1. The summed E-state index contributed by atoms with van der Waals surface area (Å²) >= 11 is 0. The first-order valence-corrected chi connectivity index (χ1v) is 14.6. The van der Waals surface area contributed by atoms with Crippen LogP contribution in [0.1, 0.15) is 96.0 Å². The molecule has 11 nitrogen and oxygen atoms in total. The molecule has 0 radical (unpaired) electrons. The van der Waals surface area contributed by atoms with Gasteiger partial charge in [0, 0.05) is 19.3 Å². The van der Waals surface area contributed by atoms with E-state index < -0.39 is 47.8 Å². The number of allylic oxidation sites excluding steroid dienone is 1. The van der Waals surface area contributed by atoms with Gasteiger partial charge in [-0.15, -0.1) is 0 Å². The molecule has 0 aliphatic rings. The van der Waals surface area contributed by atoms with E-state index in [2.05, 4.69) is 12.2 Å². The number of carboxylic acids is 3. The molecule has 0 spiro atoms. The van der Waals surface area contributed by atoms with Crippen LogP contribution < -0.4 is 5.32 Å². The summed E-state index contributed by atoms with van der Waals surface area (Å²) in [5.41, 5.74) is -2.56. The largest absolute Gasteiger partial charge is 0.508 e. The zero-order chi connectivity index (χ0) is 31.5. The van der Waals surface area contributed by atoms with Crippen LogP contribution in [0, 0.1) is 5.92 Å². The Bertz CT molecular complexity index is 1050. The maximum Gasteiger partial charge on any atom is 0.337 e. The molecule has 0 saturated heterocycles. The third kappa shape index (κ3) is 13.8. The van der Waals surface area contributed by atoms with E-state index >= 15 is 0 Å². The fraction of sp³-hybridized carbons (Fsp3) is 0.581. The van der Waals surface area contributed by atoms with E-state index in [1.807, 2.05) is 0 Å². The van der Waals surface area contributed by atoms with Crippen molar-refractivity contribution >= 4 is 29.6 Å². The molecule has 11 heteroatoms. The van der Waals surface area contributed by atoms with Crippen LogP contribution in [0.3, 0.4) is 0 Å². The summed E-state index contributed by atoms with van der Waals surface area (Å²) in [4.78, 5) is 60.2. The first-order valence-electron chi connectivity index (χ1n) is 14.6. The molecule has 0 aromatic heterocycles. The van der Waals surface area contributed by atoms with Crippen LogP contribution in [0.4, 0.5) is 0 Å². The SMILES string of the molecule is CCCCCCCC(=O)CCCCCC/C=C/[C@H](C(=O)N[C@@H](Cc1ccc(O)cc1)C(=O)O)[C@@](O)(CC(=O)O)C(=O)O. The van der Waals surface area contributed by atoms with Crippen LogP contribution in [-0.4, -0.2) is 66.8 Å². The van der Waals surface area contributed by atoms with Crippen molar-refractivity contribution in [1.82, 2.24) is 5.32 Å². The Hall–Kier alpha value is -3.73. The number of hydrogen-bond acceptors (Lipinski definition) is 7. The van der Waals surface area contributed by atoms with E-state index in [0.29, 0.717) is 31.2 Å². The van der Waals surface area contributed by atoms with Gasteiger partial charge in [-0.3, -0.25) is 14.4 Å². The molecule has 0 aliphatic carbocycles. The lowest BCUT2D eigenvalue weighted by Crippen LogP contribution is -2.55. The molecule has 0 heterocycles. The average molecular weight is 592 g/mol. The number of carbonyl (C=O) groups is 5. The minimum atomic E-state index is -3.02. The number of carbonyl (C=O) groups excluding carboxylic acids is 2. The third-order valence-corrected chi connectivity index (χ3v) is 7.04. The van der Waals surface area contributed by atoms with Gasteiger partial charge >= 0.3 is 17.9 Å². The second-order valence-electron chi connectivity index (χ2n) is 10.6. The highest BCUT2D eigenvalue weighted by Crippen LogP contribution is 2.26. The lowest BCUT2D eigenvalue weighted by atomic mass is 9.82. The summed E-state index contributed by atoms with van der Waals surface area (Å²) < 4.78 is 0. The van der Waals surface area contributed by atoms with Crippen LogP contribution in [0.25, 0.3) is 0 Å². The van der Waals surface area contributed by atoms with Gasteiger partial charge in [0.2, 0.25) is 5.91 Å². The summed E-state index contributed by atoms with van der Waals surface area (Å²) in [5, 5.41) is 50.9. The molecule has 1 rings (SSSR count). The molecule has 0 bridgehead atoms. The Morgan fingerprint density at radius 2 is 1.43 bits per heavy atom. The number of aromatic hydroxyl groups is 1. The number of nitrogens with one attached hydrogen (secondary N) is 1. The summed E-state index contributed by atoms with van der Waals surface area (Å²) in [5.74, 6) is -7.83. The number of phenols is 1. The molecular weight excluding hydrogens is 546 g/mol. The molecule has 0 fully saturated rings. The summed E-state index contributed by atoms with van der Waals surface area (Å²) in [6.45, 7) is 2.14. The molecule has 0 aliphatic heterocycles. The van der Waals surface area contributed by atoms with E-state index in [1.165, 1.54) is 36.8 Å². The second-order valence-corrected chi connectivity index (χ2v) is 10.6. The van der Waals surface area contributed by atoms with Crippen molar-refractivity contribution in [2.45, 2.75) is 108 Å². The number of carboxylic acid groups (broad SMARTS) is 3. The smallest absolute Gasteiger partial charge is 0.337 e. The summed E-state index contributed by atoms with van der Waals surface area (Å²) in [6.07, 6.45) is 11.1. The summed E-state index contributed by atoms with van der Waals surface area (Å²) in [6, 6.07) is 4.07. The minimum absolute atomic E-state index is 0.0401. The van der Waals surface area contributed by atoms with Crippen LogP contribution in [0.2, 0.25) is 0 Å².